The predicted molar refractivity (Wildman–Crippen MR) is 312 cm³/mol. The highest BCUT2D eigenvalue weighted by atomic mass is 16.6. The number of unbranched alkanes of at least 4 members (excludes halogenated alkanes) is 48. The monoisotopic (exact) mass is 1010 g/mol. The van der Waals surface area contributed by atoms with Crippen molar-refractivity contribution >= 4 is 17.9 Å². The van der Waals surface area contributed by atoms with Crippen molar-refractivity contribution in [2.45, 2.75) is 380 Å². The van der Waals surface area contributed by atoms with Crippen LogP contribution in [0, 0.1) is 0 Å². The van der Waals surface area contributed by atoms with E-state index in [-0.39, 0.29) is 31.1 Å². The van der Waals surface area contributed by atoms with Crippen LogP contribution in [-0.4, -0.2) is 37.2 Å². The van der Waals surface area contributed by atoms with Gasteiger partial charge >= 0.3 is 17.9 Å². The molecule has 72 heavy (non-hydrogen) atoms. The predicted octanol–water partition coefficient (Wildman–Crippen LogP) is 22.1. The van der Waals surface area contributed by atoms with Gasteiger partial charge in [0.1, 0.15) is 13.2 Å². The van der Waals surface area contributed by atoms with Crippen molar-refractivity contribution < 1.29 is 28.6 Å². The van der Waals surface area contributed by atoms with Crippen LogP contribution in [0.15, 0.2) is 12.2 Å². The standard InChI is InChI=1S/C66H126O6/c1-4-7-10-13-16-19-22-25-28-31-33-36-38-41-44-47-50-53-56-59-65(68)71-62-63(61-70-64(67)58-55-52-49-46-43-40-37-34-30-27-24-21-18-15-12-9-6-3)72-66(69)60-57-54-51-48-45-42-39-35-32-29-26-23-20-17-14-11-8-5-2/h27,30,63H,4-26,28-29,31-62H2,1-3H3/b30-27-/t63-/m1/s1. The Kier molecular flexibility index (Phi) is 60.1. The minimum absolute atomic E-state index is 0.0645. The van der Waals surface area contributed by atoms with Gasteiger partial charge in [0, 0.05) is 19.3 Å². The molecule has 0 N–H and O–H groups in total. The number of carbonyl (C=O) groups is 3. The summed E-state index contributed by atoms with van der Waals surface area (Å²) in [5, 5.41) is 0. The van der Waals surface area contributed by atoms with Gasteiger partial charge in [-0.3, -0.25) is 14.4 Å². The molecule has 1 atom stereocenters. The molecule has 0 saturated carbocycles. The summed E-state index contributed by atoms with van der Waals surface area (Å²) >= 11 is 0. The molecule has 0 saturated heterocycles. The molecule has 0 aliphatic rings. The number of rotatable bonds is 61. The zero-order valence-electron chi connectivity index (χ0n) is 49.0. The van der Waals surface area contributed by atoms with E-state index in [1.165, 1.54) is 276 Å². The van der Waals surface area contributed by atoms with Gasteiger partial charge in [-0.05, 0) is 44.9 Å². The molecule has 0 rings (SSSR count). The minimum atomic E-state index is -0.767. The van der Waals surface area contributed by atoms with Crippen molar-refractivity contribution in [2.75, 3.05) is 13.2 Å². The van der Waals surface area contributed by atoms with Gasteiger partial charge in [0.2, 0.25) is 0 Å². The van der Waals surface area contributed by atoms with Crippen molar-refractivity contribution in [3.8, 4) is 0 Å². The van der Waals surface area contributed by atoms with E-state index in [2.05, 4.69) is 32.9 Å². The lowest BCUT2D eigenvalue weighted by molar-refractivity contribution is -0.167. The maximum atomic E-state index is 12.9. The molecular weight excluding hydrogens is 889 g/mol. The molecule has 0 unspecified atom stereocenters. The molecule has 0 aliphatic heterocycles. The molecule has 0 aromatic heterocycles. The zero-order valence-corrected chi connectivity index (χ0v) is 49.0. The van der Waals surface area contributed by atoms with Crippen molar-refractivity contribution in [3.05, 3.63) is 12.2 Å². The van der Waals surface area contributed by atoms with E-state index < -0.39 is 6.10 Å². The molecule has 6 heteroatoms. The number of hydrogen-bond acceptors (Lipinski definition) is 6. The highest BCUT2D eigenvalue weighted by molar-refractivity contribution is 5.71. The topological polar surface area (TPSA) is 78.9 Å². The van der Waals surface area contributed by atoms with E-state index in [1.54, 1.807) is 0 Å². The van der Waals surface area contributed by atoms with Crippen LogP contribution in [0.5, 0.6) is 0 Å². The van der Waals surface area contributed by atoms with Crippen LogP contribution in [-0.2, 0) is 28.6 Å². The Morgan fingerprint density at radius 1 is 0.264 bits per heavy atom. The summed E-state index contributed by atoms with van der Waals surface area (Å²) in [7, 11) is 0. The summed E-state index contributed by atoms with van der Waals surface area (Å²) in [6.45, 7) is 6.72. The number of carbonyl (C=O) groups excluding carboxylic acids is 3. The van der Waals surface area contributed by atoms with Crippen LogP contribution in [0.25, 0.3) is 0 Å². The Labute approximate surface area is 450 Å². The van der Waals surface area contributed by atoms with E-state index >= 15 is 0 Å². The number of allylic oxidation sites excluding steroid dienone is 2. The van der Waals surface area contributed by atoms with E-state index in [0.29, 0.717) is 19.3 Å². The number of hydrogen-bond donors (Lipinski definition) is 0. The van der Waals surface area contributed by atoms with Gasteiger partial charge in [-0.1, -0.05) is 322 Å². The molecule has 0 radical (unpaired) electrons. The molecule has 0 aromatic carbocycles. The van der Waals surface area contributed by atoms with Gasteiger partial charge in [-0.15, -0.1) is 0 Å². The number of ether oxygens (including phenoxy) is 3. The van der Waals surface area contributed by atoms with E-state index in [1.807, 2.05) is 0 Å². The lowest BCUT2D eigenvalue weighted by Gasteiger charge is -2.18. The van der Waals surface area contributed by atoms with Crippen LogP contribution in [0.2, 0.25) is 0 Å². The van der Waals surface area contributed by atoms with Crippen LogP contribution in [0.3, 0.4) is 0 Å². The average Bonchev–Trinajstić information content (AvgIpc) is 3.38. The summed E-state index contributed by atoms with van der Waals surface area (Å²) in [5.74, 6) is -0.836. The summed E-state index contributed by atoms with van der Waals surface area (Å²) in [4.78, 5) is 38.3. The third kappa shape index (κ3) is 59.0. The normalized spacial score (nSPS) is 12.0. The van der Waals surface area contributed by atoms with E-state index in [9.17, 15) is 14.4 Å². The smallest absolute Gasteiger partial charge is 0.306 e. The van der Waals surface area contributed by atoms with Crippen LogP contribution >= 0.6 is 0 Å². The average molecular weight is 1020 g/mol. The van der Waals surface area contributed by atoms with Crippen molar-refractivity contribution in [1.29, 1.82) is 0 Å². The molecular formula is C66H126O6. The van der Waals surface area contributed by atoms with E-state index in [4.69, 9.17) is 14.2 Å². The van der Waals surface area contributed by atoms with Gasteiger partial charge in [0.25, 0.3) is 0 Å². The van der Waals surface area contributed by atoms with Crippen molar-refractivity contribution in [2.24, 2.45) is 0 Å². The molecule has 0 fully saturated rings. The fraction of sp³-hybridized carbons (Fsp3) is 0.924. The second-order valence-electron chi connectivity index (χ2n) is 22.4. The summed E-state index contributed by atoms with van der Waals surface area (Å²) < 4.78 is 17.0. The third-order valence-corrected chi connectivity index (χ3v) is 15.0. The molecule has 0 heterocycles. The Balaban J connectivity index is 4.30. The fourth-order valence-electron chi connectivity index (χ4n) is 10.1. The molecule has 0 bridgehead atoms. The second-order valence-corrected chi connectivity index (χ2v) is 22.4. The summed E-state index contributed by atoms with van der Waals surface area (Å²) in [6, 6.07) is 0. The van der Waals surface area contributed by atoms with Crippen molar-refractivity contribution in [1.82, 2.24) is 0 Å². The Hall–Kier alpha value is -1.85. The SMILES string of the molecule is CCCCCCCC/C=C\CCCCCCCCCC(=O)OC[C@H](COC(=O)CCCCCCCCCCCCCCCCCCCCC)OC(=O)CCCCCCCCCCCCCCCCCCCC. The van der Waals surface area contributed by atoms with E-state index in [0.717, 1.165) is 57.8 Å². The highest BCUT2D eigenvalue weighted by Gasteiger charge is 2.19. The zero-order chi connectivity index (χ0) is 52.2. The molecule has 0 aromatic rings. The van der Waals surface area contributed by atoms with Gasteiger partial charge in [0.05, 0.1) is 0 Å². The van der Waals surface area contributed by atoms with Gasteiger partial charge in [-0.2, -0.15) is 0 Å². The Morgan fingerprint density at radius 3 is 0.694 bits per heavy atom. The van der Waals surface area contributed by atoms with Crippen molar-refractivity contribution in [3.63, 3.8) is 0 Å². The first-order valence-electron chi connectivity index (χ1n) is 32.7. The van der Waals surface area contributed by atoms with Gasteiger partial charge < -0.3 is 14.2 Å². The Morgan fingerprint density at radius 2 is 0.458 bits per heavy atom. The highest BCUT2D eigenvalue weighted by Crippen LogP contribution is 2.18. The molecule has 6 nitrogen and oxygen atoms in total. The largest absolute Gasteiger partial charge is 0.462 e. The molecule has 0 amide bonds. The number of esters is 3. The van der Waals surface area contributed by atoms with Crippen LogP contribution < -0.4 is 0 Å². The second kappa shape index (κ2) is 61.7. The molecule has 426 valence electrons. The summed E-state index contributed by atoms with van der Waals surface area (Å²) in [6.07, 6.45) is 72.1. The first kappa shape index (κ1) is 70.1. The summed E-state index contributed by atoms with van der Waals surface area (Å²) in [5.41, 5.74) is 0. The van der Waals surface area contributed by atoms with Crippen LogP contribution in [0.1, 0.15) is 374 Å². The lowest BCUT2D eigenvalue weighted by Crippen LogP contribution is -2.30. The maximum Gasteiger partial charge on any atom is 0.306 e. The minimum Gasteiger partial charge on any atom is -0.462 e. The first-order chi connectivity index (χ1) is 35.5. The Bertz CT molecular complexity index is 1120. The first-order valence-corrected chi connectivity index (χ1v) is 32.7. The lowest BCUT2D eigenvalue weighted by atomic mass is 10.0. The third-order valence-electron chi connectivity index (χ3n) is 15.0. The maximum absolute atomic E-state index is 12.9. The van der Waals surface area contributed by atoms with Gasteiger partial charge in [0.15, 0.2) is 6.10 Å². The molecule has 0 aliphatic carbocycles. The van der Waals surface area contributed by atoms with Crippen LogP contribution in [0.4, 0.5) is 0 Å². The molecule has 0 spiro atoms. The quantitative estimate of drug-likeness (QED) is 0.0261. The fourth-order valence-corrected chi connectivity index (χ4v) is 10.1. The van der Waals surface area contributed by atoms with Gasteiger partial charge in [-0.25, -0.2) is 0 Å².